The molecule has 1 aromatic heterocycles. The van der Waals surface area contributed by atoms with Crippen LogP contribution in [0.3, 0.4) is 0 Å². The molecule has 25 heavy (non-hydrogen) atoms. The number of pyridine rings is 1. The van der Waals surface area contributed by atoms with Crippen LogP contribution in [0.15, 0.2) is 65.8 Å². The minimum atomic E-state index is -3.69. The molecule has 4 nitrogen and oxygen atoms in total. The molecule has 0 fully saturated rings. The van der Waals surface area contributed by atoms with Gasteiger partial charge in [-0.3, -0.25) is 9.71 Å². The van der Waals surface area contributed by atoms with Crippen molar-refractivity contribution >= 4 is 27.3 Å². The Morgan fingerprint density at radius 1 is 0.960 bits per heavy atom. The van der Waals surface area contributed by atoms with E-state index in [1.54, 1.807) is 24.4 Å². The number of anilines is 1. The maximum atomic E-state index is 12.5. The standard InChI is InChI=1S/C19H17ClN2O2S/c1-13-8-9-21-12-19(13)18-7-6-16(10-14(18)2)22-25(23,24)17-5-3-4-15(20)11-17/h3-12,22H,1-2H3. The van der Waals surface area contributed by atoms with E-state index >= 15 is 0 Å². The van der Waals surface area contributed by atoms with Crippen LogP contribution in [0, 0.1) is 13.8 Å². The normalized spacial score (nSPS) is 11.3. The van der Waals surface area contributed by atoms with Crippen LogP contribution < -0.4 is 4.72 Å². The maximum Gasteiger partial charge on any atom is 0.261 e. The minimum Gasteiger partial charge on any atom is -0.280 e. The Morgan fingerprint density at radius 2 is 1.76 bits per heavy atom. The third-order valence-electron chi connectivity index (χ3n) is 3.91. The van der Waals surface area contributed by atoms with E-state index in [0.29, 0.717) is 10.7 Å². The Morgan fingerprint density at radius 3 is 2.44 bits per heavy atom. The fourth-order valence-corrected chi connectivity index (χ4v) is 3.97. The van der Waals surface area contributed by atoms with Gasteiger partial charge in [-0.1, -0.05) is 23.7 Å². The smallest absolute Gasteiger partial charge is 0.261 e. The molecule has 0 aliphatic carbocycles. The van der Waals surface area contributed by atoms with Gasteiger partial charge in [-0.05, 0) is 66.9 Å². The number of rotatable bonds is 4. The molecule has 0 aliphatic rings. The van der Waals surface area contributed by atoms with E-state index in [4.69, 9.17) is 11.6 Å². The van der Waals surface area contributed by atoms with Gasteiger partial charge in [-0.25, -0.2) is 8.42 Å². The quantitative estimate of drug-likeness (QED) is 0.714. The predicted octanol–water partition coefficient (Wildman–Crippen LogP) is 4.82. The van der Waals surface area contributed by atoms with Crippen molar-refractivity contribution in [1.29, 1.82) is 0 Å². The van der Waals surface area contributed by atoms with Gasteiger partial charge < -0.3 is 0 Å². The number of aryl methyl sites for hydroxylation is 2. The summed E-state index contributed by atoms with van der Waals surface area (Å²) in [4.78, 5) is 4.30. The molecule has 6 heteroatoms. The first-order valence-corrected chi connectivity index (χ1v) is 9.53. The number of aromatic nitrogens is 1. The van der Waals surface area contributed by atoms with Gasteiger partial charge in [0.1, 0.15) is 0 Å². The molecule has 0 amide bonds. The first kappa shape index (κ1) is 17.5. The lowest BCUT2D eigenvalue weighted by atomic mass is 9.98. The van der Waals surface area contributed by atoms with Crippen molar-refractivity contribution in [1.82, 2.24) is 4.98 Å². The second-order valence-electron chi connectivity index (χ2n) is 5.78. The molecule has 0 radical (unpaired) electrons. The van der Waals surface area contributed by atoms with Crippen LogP contribution in [0.1, 0.15) is 11.1 Å². The van der Waals surface area contributed by atoms with Gasteiger partial charge in [0.25, 0.3) is 10.0 Å². The van der Waals surface area contributed by atoms with Crippen LogP contribution in [0.5, 0.6) is 0 Å². The van der Waals surface area contributed by atoms with Gasteiger partial charge in [0, 0.05) is 28.7 Å². The molecule has 0 spiro atoms. The van der Waals surface area contributed by atoms with Crippen LogP contribution >= 0.6 is 11.6 Å². The highest BCUT2D eigenvalue weighted by atomic mass is 35.5. The largest absolute Gasteiger partial charge is 0.280 e. The SMILES string of the molecule is Cc1cc(NS(=O)(=O)c2cccc(Cl)c2)ccc1-c1cnccc1C. The Kier molecular flexibility index (Phi) is 4.79. The molecule has 128 valence electrons. The number of nitrogens with zero attached hydrogens (tertiary/aromatic N) is 1. The zero-order valence-electron chi connectivity index (χ0n) is 13.8. The number of benzene rings is 2. The van der Waals surface area contributed by atoms with E-state index < -0.39 is 10.0 Å². The molecule has 0 bridgehead atoms. The molecule has 0 atom stereocenters. The molecular weight excluding hydrogens is 356 g/mol. The minimum absolute atomic E-state index is 0.129. The lowest BCUT2D eigenvalue weighted by Gasteiger charge is -2.13. The monoisotopic (exact) mass is 372 g/mol. The van der Waals surface area contributed by atoms with Gasteiger partial charge in [-0.15, -0.1) is 0 Å². The summed E-state index contributed by atoms with van der Waals surface area (Å²) in [5.41, 5.74) is 4.64. The highest BCUT2D eigenvalue weighted by Gasteiger charge is 2.15. The van der Waals surface area contributed by atoms with Gasteiger partial charge in [0.15, 0.2) is 0 Å². The van der Waals surface area contributed by atoms with Crippen LogP contribution in [0.4, 0.5) is 5.69 Å². The van der Waals surface area contributed by atoms with Crippen molar-refractivity contribution in [2.45, 2.75) is 18.7 Å². The van der Waals surface area contributed by atoms with Crippen molar-refractivity contribution < 1.29 is 8.42 Å². The van der Waals surface area contributed by atoms with E-state index in [2.05, 4.69) is 9.71 Å². The third-order valence-corrected chi connectivity index (χ3v) is 5.53. The molecule has 0 aliphatic heterocycles. The summed E-state index contributed by atoms with van der Waals surface area (Å²) >= 11 is 5.88. The second kappa shape index (κ2) is 6.86. The summed E-state index contributed by atoms with van der Waals surface area (Å²) < 4.78 is 27.6. The number of hydrogen-bond acceptors (Lipinski definition) is 3. The molecular formula is C19H17ClN2O2S. The second-order valence-corrected chi connectivity index (χ2v) is 7.90. The average molecular weight is 373 g/mol. The summed E-state index contributed by atoms with van der Waals surface area (Å²) in [6.07, 6.45) is 3.56. The molecule has 3 aromatic rings. The number of sulfonamides is 1. The van der Waals surface area contributed by atoms with Crippen LogP contribution in [0.25, 0.3) is 11.1 Å². The first-order valence-electron chi connectivity index (χ1n) is 7.67. The third kappa shape index (κ3) is 3.83. The Labute approximate surface area is 152 Å². The lowest BCUT2D eigenvalue weighted by molar-refractivity contribution is 0.601. The molecule has 0 unspecified atom stereocenters. The average Bonchev–Trinajstić information content (AvgIpc) is 2.56. The summed E-state index contributed by atoms with van der Waals surface area (Å²) in [7, 11) is -3.69. The maximum absolute atomic E-state index is 12.5. The van der Waals surface area contributed by atoms with Crippen LogP contribution in [-0.4, -0.2) is 13.4 Å². The Bertz CT molecular complexity index is 1030. The summed E-state index contributed by atoms with van der Waals surface area (Å²) in [5.74, 6) is 0. The molecule has 1 N–H and O–H groups in total. The van der Waals surface area contributed by atoms with E-state index in [1.807, 2.05) is 38.2 Å². The van der Waals surface area contributed by atoms with E-state index in [-0.39, 0.29) is 4.90 Å². The molecule has 0 saturated carbocycles. The molecule has 3 rings (SSSR count). The van der Waals surface area contributed by atoms with E-state index in [9.17, 15) is 8.42 Å². The summed E-state index contributed by atoms with van der Waals surface area (Å²) in [6, 6.07) is 13.6. The highest BCUT2D eigenvalue weighted by Crippen LogP contribution is 2.29. The number of hydrogen-bond donors (Lipinski definition) is 1. The van der Waals surface area contributed by atoms with Gasteiger partial charge >= 0.3 is 0 Å². The predicted molar refractivity (Wildman–Crippen MR) is 101 cm³/mol. The highest BCUT2D eigenvalue weighted by molar-refractivity contribution is 7.92. The number of nitrogens with one attached hydrogen (secondary N) is 1. The van der Waals surface area contributed by atoms with Crippen molar-refractivity contribution in [2.24, 2.45) is 0 Å². The molecule has 0 saturated heterocycles. The van der Waals surface area contributed by atoms with Gasteiger partial charge in [-0.2, -0.15) is 0 Å². The van der Waals surface area contributed by atoms with Crippen molar-refractivity contribution in [3.05, 3.63) is 77.1 Å². The van der Waals surface area contributed by atoms with Crippen molar-refractivity contribution in [3.8, 4) is 11.1 Å². The molecule has 2 aromatic carbocycles. The number of halogens is 1. The van der Waals surface area contributed by atoms with E-state index in [0.717, 1.165) is 22.3 Å². The fourth-order valence-electron chi connectivity index (χ4n) is 2.62. The van der Waals surface area contributed by atoms with Crippen LogP contribution in [0.2, 0.25) is 5.02 Å². The Balaban J connectivity index is 1.93. The van der Waals surface area contributed by atoms with E-state index in [1.165, 1.54) is 12.1 Å². The van der Waals surface area contributed by atoms with Crippen molar-refractivity contribution in [3.63, 3.8) is 0 Å². The van der Waals surface area contributed by atoms with Gasteiger partial charge in [0.2, 0.25) is 0 Å². The topological polar surface area (TPSA) is 59.1 Å². The van der Waals surface area contributed by atoms with Crippen molar-refractivity contribution in [2.75, 3.05) is 4.72 Å². The molecule has 1 heterocycles. The zero-order chi connectivity index (χ0) is 18.0. The first-order chi connectivity index (χ1) is 11.9. The lowest BCUT2D eigenvalue weighted by Crippen LogP contribution is -2.13. The zero-order valence-corrected chi connectivity index (χ0v) is 15.4. The Hall–Kier alpha value is -2.37. The summed E-state index contributed by atoms with van der Waals surface area (Å²) in [6.45, 7) is 3.96. The van der Waals surface area contributed by atoms with Gasteiger partial charge in [0.05, 0.1) is 4.90 Å². The fraction of sp³-hybridized carbons (Fsp3) is 0.105. The summed E-state index contributed by atoms with van der Waals surface area (Å²) in [5, 5.41) is 0.376. The van der Waals surface area contributed by atoms with Crippen LogP contribution in [-0.2, 0) is 10.0 Å².